The number of halogens is 1. The van der Waals surface area contributed by atoms with Gasteiger partial charge < -0.3 is 9.84 Å². The standard InChI is InChI=1S/C12H13BrO3/c13-10-5-3-9(4-6-10)2-1-7-12(8-16-12)11(14)15/h3-6H,1-2,7-8H2,(H,14,15). The molecule has 0 amide bonds. The Morgan fingerprint density at radius 2 is 2.06 bits per heavy atom. The molecule has 1 atom stereocenters. The molecule has 2 rings (SSSR count). The molecule has 16 heavy (non-hydrogen) atoms. The van der Waals surface area contributed by atoms with Gasteiger partial charge in [0.1, 0.15) is 0 Å². The third-order valence-corrected chi connectivity index (χ3v) is 3.37. The van der Waals surface area contributed by atoms with Crippen molar-refractivity contribution in [2.45, 2.75) is 24.9 Å². The Balaban J connectivity index is 1.80. The zero-order valence-electron chi connectivity index (χ0n) is 8.78. The zero-order chi connectivity index (χ0) is 11.6. The van der Waals surface area contributed by atoms with Crippen LogP contribution in [0.1, 0.15) is 18.4 Å². The van der Waals surface area contributed by atoms with Gasteiger partial charge >= 0.3 is 5.97 Å². The van der Waals surface area contributed by atoms with E-state index in [9.17, 15) is 4.79 Å². The van der Waals surface area contributed by atoms with Crippen molar-refractivity contribution < 1.29 is 14.6 Å². The van der Waals surface area contributed by atoms with Gasteiger partial charge in [-0.2, -0.15) is 0 Å². The Kier molecular flexibility index (Phi) is 3.30. The van der Waals surface area contributed by atoms with Gasteiger partial charge in [-0.15, -0.1) is 0 Å². The van der Waals surface area contributed by atoms with Crippen LogP contribution in [-0.4, -0.2) is 23.3 Å². The number of carboxylic acids is 1. The van der Waals surface area contributed by atoms with E-state index >= 15 is 0 Å². The molecule has 0 bridgehead atoms. The summed E-state index contributed by atoms with van der Waals surface area (Å²) in [6.45, 7) is 0.364. The minimum absolute atomic E-state index is 0.364. The van der Waals surface area contributed by atoms with E-state index in [1.807, 2.05) is 24.3 Å². The van der Waals surface area contributed by atoms with Crippen LogP contribution >= 0.6 is 15.9 Å². The monoisotopic (exact) mass is 284 g/mol. The first kappa shape index (κ1) is 11.6. The first-order chi connectivity index (χ1) is 7.62. The maximum Gasteiger partial charge on any atom is 0.338 e. The van der Waals surface area contributed by atoms with E-state index in [-0.39, 0.29) is 0 Å². The average molecular weight is 285 g/mol. The Hall–Kier alpha value is -0.870. The van der Waals surface area contributed by atoms with E-state index in [0.717, 1.165) is 17.3 Å². The summed E-state index contributed by atoms with van der Waals surface area (Å²) >= 11 is 3.38. The van der Waals surface area contributed by atoms with Gasteiger partial charge in [0.05, 0.1) is 6.61 Å². The normalized spacial score (nSPS) is 23.1. The van der Waals surface area contributed by atoms with E-state index in [2.05, 4.69) is 15.9 Å². The van der Waals surface area contributed by atoms with Crippen molar-refractivity contribution in [1.82, 2.24) is 0 Å². The van der Waals surface area contributed by atoms with Gasteiger partial charge in [0, 0.05) is 4.47 Å². The maximum atomic E-state index is 10.8. The molecule has 1 unspecified atom stereocenters. The third kappa shape index (κ3) is 2.62. The molecule has 4 heteroatoms. The summed E-state index contributed by atoms with van der Waals surface area (Å²) in [5.74, 6) is -0.830. The second kappa shape index (κ2) is 4.55. The lowest BCUT2D eigenvalue weighted by atomic mass is 10.0. The van der Waals surface area contributed by atoms with E-state index in [1.54, 1.807) is 0 Å². The van der Waals surface area contributed by atoms with Gasteiger partial charge in [-0.1, -0.05) is 28.1 Å². The molecule has 1 N–H and O–H groups in total. The zero-order valence-corrected chi connectivity index (χ0v) is 10.4. The quantitative estimate of drug-likeness (QED) is 0.846. The molecule has 1 heterocycles. The van der Waals surface area contributed by atoms with Crippen molar-refractivity contribution in [2.75, 3.05) is 6.61 Å². The van der Waals surface area contributed by atoms with Crippen molar-refractivity contribution >= 4 is 21.9 Å². The average Bonchev–Trinajstić information content (AvgIpc) is 3.02. The fraction of sp³-hybridized carbons (Fsp3) is 0.417. The number of hydrogen-bond donors (Lipinski definition) is 1. The summed E-state index contributed by atoms with van der Waals surface area (Å²) in [6.07, 6.45) is 2.33. The molecule has 1 fully saturated rings. The smallest absolute Gasteiger partial charge is 0.338 e. The maximum absolute atomic E-state index is 10.8. The van der Waals surface area contributed by atoms with Crippen LogP contribution in [0.25, 0.3) is 0 Å². The fourth-order valence-electron chi connectivity index (χ4n) is 1.69. The van der Waals surface area contributed by atoms with E-state index in [0.29, 0.717) is 13.0 Å². The first-order valence-electron chi connectivity index (χ1n) is 5.24. The Bertz CT molecular complexity index is 382. The number of rotatable bonds is 5. The molecule has 3 nitrogen and oxygen atoms in total. The van der Waals surface area contributed by atoms with Crippen LogP contribution < -0.4 is 0 Å². The topological polar surface area (TPSA) is 49.8 Å². The Morgan fingerprint density at radius 3 is 2.56 bits per heavy atom. The van der Waals surface area contributed by atoms with Gasteiger partial charge in [0.2, 0.25) is 0 Å². The fourth-order valence-corrected chi connectivity index (χ4v) is 1.96. The predicted molar refractivity (Wildman–Crippen MR) is 63.4 cm³/mol. The molecule has 1 aromatic rings. The van der Waals surface area contributed by atoms with Crippen LogP contribution in [0.5, 0.6) is 0 Å². The molecule has 1 saturated heterocycles. The highest BCUT2D eigenvalue weighted by molar-refractivity contribution is 9.10. The van der Waals surface area contributed by atoms with Gasteiger partial charge in [0.15, 0.2) is 5.60 Å². The summed E-state index contributed by atoms with van der Waals surface area (Å²) < 4.78 is 6.07. The Morgan fingerprint density at radius 1 is 1.44 bits per heavy atom. The predicted octanol–water partition coefficient (Wildman–Crippen LogP) is 2.63. The molecule has 1 aromatic carbocycles. The first-order valence-corrected chi connectivity index (χ1v) is 6.03. The highest BCUT2D eigenvalue weighted by Gasteiger charge is 2.51. The van der Waals surface area contributed by atoms with Crippen molar-refractivity contribution in [1.29, 1.82) is 0 Å². The molecule has 0 spiro atoms. The van der Waals surface area contributed by atoms with E-state index in [1.165, 1.54) is 5.56 Å². The SMILES string of the molecule is O=C(O)C1(CCCc2ccc(Br)cc2)CO1. The van der Waals surface area contributed by atoms with Crippen LogP contribution in [0.3, 0.4) is 0 Å². The van der Waals surface area contributed by atoms with Gasteiger partial charge in [-0.3, -0.25) is 0 Å². The van der Waals surface area contributed by atoms with Crippen LogP contribution in [0.2, 0.25) is 0 Å². The van der Waals surface area contributed by atoms with E-state index in [4.69, 9.17) is 9.84 Å². The lowest BCUT2D eigenvalue weighted by Gasteiger charge is -2.06. The number of epoxide rings is 1. The number of carbonyl (C=O) groups is 1. The summed E-state index contributed by atoms with van der Waals surface area (Å²) in [5.41, 5.74) is 0.361. The minimum atomic E-state index is -0.866. The van der Waals surface area contributed by atoms with Crippen LogP contribution in [0, 0.1) is 0 Å². The lowest BCUT2D eigenvalue weighted by molar-refractivity contribution is -0.143. The summed E-state index contributed by atoms with van der Waals surface area (Å²) in [5, 5.41) is 8.91. The van der Waals surface area contributed by atoms with Crippen LogP contribution in [0.4, 0.5) is 0 Å². The lowest BCUT2D eigenvalue weighted by Crippen LogP contribution is -2.23. The molecular formula is C12H13BrO3. The highest BCUT2D eigenvalue weighted by atomic mass is 79.9. The number of benzene rings is 1. The number of aliphatic carboxylic acids is 1. The second-order valence-corrected chi connectivity index (χ2v) is 4.98. The van der Waals surface area contributed by atoms with E-state index < -0.39 is 11.6 Å². The minimum Gasteiger partial charge on any atom is -0.479 e. The summed E-state index contributed by atoms with van der Waals surface area (Å²) in [6, 6.07) is 8.09. The van der Waals surface area contributed by atoms with Crippen molar-refractivity contribution in [2.24, 2.45) is 0 Å². The number of hydrogen-bond acceptors (Lipinski definition) is 2. The third-order valence-electron chi connectivity index (χ3n) is 2.84. The van der Waals surface area contributed by atoms with Crippen LogP contribution in [0.15, 0.2) is 28.7 Å². The molecule has 0 aliphatic carbocycles. The highest BCUT2D eigenvalue weighted by Crippen LogP contribution is 2.32. The number of carboxylic acid groups (broad SMARTS) is 1. The molecular weight excluding hydrogens is 272 g/mol. The van der Waals surface area contributed by atoms with Crippen molar-refractivity contribution in [3.05, 3.63) is 34.3 Å². The van der Waals surface area contributed by atoms with Gasteiger partial charge in [0.25, 0.3) is 0 Å². The molecule has 0 radical (unpaired) electrons. The van der Waals surface area contributed by atoms with Crippen molar-refractivity contribution in [3.63, 3.8) is 0 Å². The molecule has 1 aliphatic heterocycles. The van der Waals surface area contributed by atoms with Gasteiger partial charge in [-0.05, 0) is 37.0 Å². The second-order valence-electron chi connectivity index (χ2n) is 4.07. The van der Waals surface area contributed by atoms with Crippen molar-refractivity contribution in [3.8, 4) is 0 Å². The Labute approximate surface area is 103 Å². The van der Waals surface area contributed by atoms with Crippen LogP contribution in [-0.2, 0) is 16.0 Å². The largest absolute Gasteiger partial charge is 0.479 e. The molecule has 86 valence electrons. The molecule has 0 saturated carbocycles. The number of aryl methyl sites for hydroxylation is 1. The molecule has 1 aliphatic rings. The number of ether oxygens (including phenoxy) is 1. The van der Waals surface area contributed by atoms with Gasteiger partial charge in [-0.25, -0.2) is 4.79 Å². The molecule has 0 aromatic heterocycles. The summed E-state index contributed by atoms with van der Waals surface area (Å²) in [4.78, 5) is 10.8. The summed E-state index contributed by atoms with van der Waals surface area (Å²) in [7, 11) is 0.